The Hall–Kier alpha value is -1.52. The molecule has 2 N–H and O–H groups in total. The van der Waals surface area contributed by atoms with E-state index in [4.69, 9.17) is 17.3 Å². The van der Waals surface area contributed by atoms with Gasteiger partial charge in [-0.2, -0.15) is 5.10 Å². The van der Waals surface area contributed by atoms with Gasteiger partial charge in [-0.1, -0.05) is 29.8 Å². The van der Waals surface area contributed by atoms with Crippen LogP contribution in [0.2, 0.25) is 5.02 Å². The van der Waals surface area contributed by atoms with E-state index in [0.717, 1.165) is 5.56 Å². The first-order valence-corrected chi connectivity index (χ1v) is 4.82. The normalized spacial score (nSPS) is 10.3. The van der Waals surface area contributed by atoms with Crippen LogP contribution in [0.4, 0.5) is 0 Å². The molecule has 15 heavy (non-hydrogen) atoms. The quantitative estimate of drug-likeness (QED) is 0.836. The van der Waals surface area contributed by atoms with Gasteiger partial charge in [0.15, 0.2) is 5.82 Å². The number of nitrogens with zero attached hydrogens (tertiary/aromatic N) is 3. The minimum Gasteiger partial charge on any atom is -0.324 e. The molecule has 1 heterocycles. The van der Waals surface area contributed by atoms with E-state index in [2.05, 4.69) is 15.2 Å². The van der Waals surface area contributed by atoms with E-state index in [9.17, 15) is 0 Å². The molecule has 0 aliphatic heterocycles. The highest BCUT2D eigenvalue weighted by atomic mass is 35.5. The molecule has 0 aliphatic carbocycles. The third kappa shape index (κ3) is 2.11. The van der Waals surface area contributed by atoms with E-state index in [0.29, 0.717) is 16.5 Å². The maximum Gasteiger partial charge on any atom is 0.165 e. The molecule has 2 rings (SSSR count). The number of rotatable bonds is 2. The Morgan fingerprint density at radius 2 is 2.07 bits per heavy atom. The average molecular weight is 221 g/mol. The summed E-state index contributed by atoms with van der Waals surface area (Å²) in [4.78, 5) is 4.24. The third-order valence-electron chi connectivity index (χ3n) is 1.94. The summed E-state index contributed by atoms with van der Waals surface area (Å²) in [6.07, 6.45) is 1.57. The second kappa shape index (κ2) is 4.33. The van der Waals surface area contributed by atoms with Gasteiger partial charge in [0, 0.05) is 5.56 Å². The molecule has 0 saturated heterocycles. The second-order valence-electron chi connectivity index (χ2n) is 2.94. The van der Waals surface area contributed by atoms with Gasteiger partial charge in [-0.3, -0.25) is 0 Å². The highest BCUT2D eigenvalue weighted by Crippen LogP contribution is 2.24. The van der Waals surface area contributed by atoms with Crippen molar-refractivity contribution in [2.24, 2.45) is 5.73 Å². The summed E-state index contributed by atoms with van der Waals surface area (Å²) in [5.41, 5.74) is 6.96. The highest BCUT2D eigenvalue weighted by molar-refractivity contribution is 6.33. The van der Waals surface area contributed by atoms with Gasteiger partial charge in [0.1, 0.15) is 0 Å². The summed E-state index contributed by atoms with van der Waals surface area (Å²) in [5.74, 6) is 0.507. The van der Waals surface area contributed by atoms with Crippen molar-refractivity contribution < 1.29 is 0 Å². The van der Waals surface area contributed by atoms with E-state index in [1.54, 1.807) is 12.3 Å². The van der Waals surface area contributed by atoms with Crippen molar-refractivity contribution in [3.63, 3.8) is 0 Å². The van der Waals surface area contributed by atoms with Crippen LogP contribution in [0.25, 0.3) is 11.3 Å². The summed E-state index contributed by atoms with van der Waals surface area (Å²) in [5, 5.41) is 8.25. The van der Waals surface area contributed by atoms with Gasteiger partial charge in [0.25, 0.3) is 0 Å². The maximum absolute atomic E-state index is 6.03. The number of benzene rings is 1. The molecule has 0 fully saturated rings. The highest BCUT2D eigenvalue weighted by Gasteiger charge is 2.05. The molecular weight excluding hydrogens is 212 g/mol. The zero-order chi connectivity index (χ0) is 10.7. The first kappa shape index (κ1) is 10.0. The lowest BCUT2D eigenvalue weighted by Crippen LogP contribution is -2.05. The molecule has 76 valence electrons. The van der Waals surface area contributed by atoms with Crippen LogP contribution in [-0.4, -0.2) is 15.2 Å². The van der Waals surface area contributed by atoms with Crippen LogP contribution in [0.1, 0.15) is 5.82 Å². The molecule has 0 radical (unpaired) electrons. The number of nitrogens with two attached hydrogens (primary N) is 1. The van der Waals surface area contributed by atoms with E-state index >= 15 is 0 Å². The van der Waals surface area contributed by atoms with E-state index < -0.39 is 0 Å². The zero-order valence-electron chi connectivity index (χ0n) is 7.89. The fraction of sp³-hybridized carbons (Fsp3) is 0.100. The van der Waals surface area contributed by atoms with Crippen LogP contribution < -0.4 is 5.73 Å². The molecule has 4 nitrogen and oxygen atoms in total. The van der Waals surface area contributed by atoms with Gasteiger partial charge in [-0.15, -0.1) is 5.10 Å². The Morgan fingerprint density at radius 1 is 1.27 bits per heavy atom. The molecule has 0 spiro atoms. The van der Waals surface area contributed by atoms with Crippen LogP contribution in [0.15, 0.2) is 30.5 Å². The maximum atomic E-state index is 6.03. The first-order valence-electron chi connectivity index (χ1n) is 4.45. The van der Waals surface area contributed by atoms with Crippen molar-refractivity contribution in [3.8, 4) is 11.3 Å². The zero-order valence-corrected chi connectivity index (χ0v) is 8.65. The Bertz CT molecular complexity index is 472. The topological polar surface area (TPSA) is 64.7 Å². The minimum absolute atomic E-state index is 0.269. The predicted octanol–water partition coefficient (Wildman–Crippen LogP) is 1.65. The summed E-state index contributed by atoms with van der Waals surface area (Å²) in [6, 6.07) is 7.45. The minimum atomic E-state index is 0.269. The smallest absolute Gasteiger partial charge is 0.165 e. The van der Waals surface area contributed by atoms with Crippen LogP contribution in [0.3, 0.4) is 0 Å². The van der Waals surface area contributed by atoms with Gasteiger partial charge in [-0.05, 0) is 6.07 Å². The first-order chi connectivity index (χ1) is 7.31. The number of halogens is 1. The molecule has 1 aromatic carbocycles. The van der Waals surface area contributed by atoms with Gasteiger partial charge in [-0.25, -0.2) is 4.98 Å². The van der Waals surface area contributed by atoms with E-state index in [1.165, 1.54) is 0 Å². The Balaban J connectivity index is 2.49. The Kier molecular flexibility index (Phi) is 2.89. The molecule has 5 heteroatoms. The third-order valence-corrected chi connectivity index (χ3v) is 2.26. The molecule has 0 saturated carbocycles. The fourth-order valence-corrected chi connectivity index (χ4v) is 1.46. The lowest BCUT2D eigenvalue weighted by atomic mass is 10.2. The van der Waals surface area contributed by atoms with Crippen molar-refractivity contribution in [1.29, 1.82) is 0 Å². The van der Waals surface area contributed by atoms with Crippen LogP contribution in [0, 0.1) is 0 Å². The molecule has 2 aromatic rings. The van der Waals surface area contributed by atoms with Gasteiger partial charge in [0.05, 0.1) is 23.5 Å². The molecule has 0 aliphatic rings. The molecule has 1 aromatic heterocycles. The van der Waals surface area contributed by atoms with Gasteiger partial charge < -0.3 is 5.73 Å². The average Bonchev–Trinajstić information content (AvgIpc) is 2.30. The van der Waals surface area contributed by atoms with Crippen LogP contribution in [0.5, 0.6) is 0 Å². The standard InChI is InChI=1S/C10H9ClN4/c11-8-4-2-1-3-7(8)9-6-13-15-10(5-12)14-9/h1-4,6H,5,12H2. The van der Waals surface area contributed by atoms with Crippen molar-refractivity contribution in [1.82, 2.24) is 15.2 Å². The van der Waals surface area contributed by atoms with Crippen LogP contribution in [-0.2, 0) is 6.54 Å². The summed E-state index contributed by atoms with van der Waals surface area (Å²) >= 11 is 6.03. The lowest BCUT2D eigenvalue weighted by Gasteiger charge is -2.03. The second-order valence-corrected chi connectivity index (χ2v) is 3.35. The van der Waals surface area contributed by atoms with Crippen molar-refractivity contribution in [2.75, 3.05) is 0 Å². The number of hydrogen-bond acceptors (Lipinski definition) is 4. The Morgan fingerprint density at radius 3 is 2.80 bits per heavy atom. The molecule has 0 unspecified atom stereocenters. The van der Waals surface area contributed by atoms with Crippen LogP contribution >= 0.6 is 11.6 Å². The fourth-order valence-electron chi connectivity index (χ4n) is 1.23. The summed E-state index contributed by atoms with van der Waals surface area (Å²) in [6.45, 7) is 0.269. The predicted molar refractivity (Wildman–Crippen MR) is 58.2 cm³/mol. The van der Waals surface area contributed by atoms with Crippen molar-refractivity contribution in [2.45, 2.75) is 6.54 Å². The number of aromatic nitrogens is 3. The lowest BCUT2D eigenvalue weighted by molar-refractivity contribution is 0.834. The summed E-state index contributed by atoms with van der Waals surface area (Å²) < 4.78 is 0. The monoisotopic (exact) mass is 220 g/mol. The molecular formula is C10H9ClN4. The summed E-state index contributed by atoms with van der Waals surface area (Å²) in [7, 11) is 0. The largest absolute Gasteiger partial charge is 0.324 e. The van der Waals surface area contributed by atoms with Gasteiger partial charge >= 0.3 is 0 Å². The molecule has 0 atom stereocenters. The molecule has 0 bridgehead atoms. The van der Waals surface area contributed by atoms with E-state index in [-0.39, 0.29) is 6.54 Å². The molecule has 0 amide bonds. The Labute approximate surface area is 92.1 Å². The SMILES string of the molecule is NCc1nncc(-c2ccccc2Cl)n1. The number of hydrogen-bond donors (Lipinski definition) is 1. The van der Waals surface area contributed by atoms with Gasteiger partial charge in [0.2, 0.25) is 0 Å². The van der Waals surface area contributed by atoms with Crippen molar-refractivity contribution >= 4 is 11.6 Å². The van der Waals surface area contributed by atoms with E-state index in [1.807, 2.05) is 18.2 Å². The van der Waals surface area contributed by atoms with Crippen molar-refractivity contribution in [3.05, 3.63) is 41.3 Å².